The maximum absolute atomic E-state index is 12.3. The van der Waals surface area contributed by atoms with E-state index >= 15 is 0 Å². The smallest absolute Gasteiger partial charge is 0.237 e. The zero-order valence-corrected chi connectivity index (χ0v) is 15.4. The molecule has 1 aliphatic heterocycles. The average molecular weight is 379 g/mol. The summed E-state index contributed by atoms with van der Waals surface area (Å²) in [6.45, 7) is 2.24. The van der Waals surface area contributed by atoms with Crippen molar-refractivity contribution in [3.05, 3.63) is 33.8 Å². The number of nitrogens with zero attached hydrogens (tertiary/aromatic N) is 1. The highest BCUT2D eigenvalue weighted by Crippen LogP contribution is 2.26. The molecule has 1 aromatic rings. The van der Waals surface area contributed by atoms with Gasteiger partial charge in [0, 0.05) is 12.6 Å². The minimum atomic E-state index is -3.01. The summed E-state index contributed by atoms with van der Waals surface area (Å²) in [4.78, 5) is 14.1. The van der Waals surface area contributed by atoms with Crippen molar-refractivity contribution in [3.8, 4) is 0 Å². The molecule has 0 saturated carbocycles. The van der Waals surface area contributed by atoms with Crippen molar-refractivity contribution in [3.63, 3.8) is 0 Å². The SMILES string of the molecule is CC(C(=O)NC1CCS(=O)(=O)C1)N(C)Cc1cccc(Cl)c1Cl. The number of amides is 1. The molecule has 1 aromatic carbocycles. The molecule has 0 bridgehead atoms. The van der Waals surface area contributed by atoms with Gasteiger partial charge in [-0.3, -0.25) is 9.69 Å². The van der Waals surface area contributed by atoms with E-state index in [0.29, 0.717) is 23.0 Å². The third kappa shape index (κ3) is 4.83. The lowest BCUT2D eigenvalue weighted by atomic mass is 10.1. The van der Waals surface area contributed by atoms with Crippen molar-refractivity contribution in [2.24, 2.45) is 0 Å². The molecule has 2 atom stereocenters. The minimum absolute atomic E-state index is 0.0231. The van der Waals surface area contributed by atoms with E-state index in [4.69, 9.17) is 23.2 Å². The van der Waals surface area contributed by atoms with Gasteiger partial charge >= 0.3 is 0 Å². The third-order valence-electron chi connectivity index (χ3n) is 4.07. The van der Waals surface area contributed by atoms with Gasteiger partial charge in [-0.1, -0.05) is 35.3 Å². The number of carbonyl (C=O) groups is 1. The van der Waals surface area contributed by atoms with Crippen LogP contribution in [0.5, 0.6) is 0 Å². The molecule has 23 heavy (non-hydrogen) atoms. The second-order valence-electron chi connectivity index (χ2n) is 5.91. The number of hydrogen-bond acceptors (Lipinski definition) is 4. The first-order valence-electron chi connectivity index (χ1n) is 7.33. The largest absolute Gasteiger partial charge is 0.351 e. The zero-order chi connectivity index (χ0) is 17.2. The molecule has 1 N–H and O–H groups in total. The second-order valence-corrected chi connectivity index (χ2v) is 8.93. The van der Waals surface area contributed by atoms with Gasteiger partial charge in [-0.05, 0) is 32.0 Å². The van der Waals surface area contributed by atoms with E-state index in [1.54, 1.807) is 13.0 Å². The third-order valence-corrected chi connectivity index (χ3v) is 6.70. The monoisotopic (exact) mass is 378 g/mol. The average Bonchev–Trinajstić information content (AvgIpc) is 2.81. The van der Waals surface area contributed by atoms with Gasteiger partial charge < -0.3 is 5.32 Å². The van der Waals surface area contributed by atoms with Crippen LogP contribution in [0.15, 0.2) is 18.2 Å². The summed E-state index contributed by atoms with van der Waals surface area (Å²) in [5.74, 6) is -0.0250. The van der Waals surface area contributed by atoms with Gasteiger partial charge in [-0.15, -0.1) is 0 Å². The second kappa shape index (κ2) is 7.38. The number of carbonyl (C=O) groups excluding carboxylic acids is 1. The summed E-state index contributed by atoms with van der Waals surface area (Å²) < 4.78 is 22.9. The van der Waals surface area contributed by atoms with Crippen LogP contribution in [0.2, 0.25) is 10.0 Å². The van der Waals surface area contributed by atoms with Crippen molar-refractivity contribution in [2.45, 2.75) is 32.0 Å². The highest BCUT2D eigenvalue weighted by Gasteiger charge is 2.30. The van der Waals surface area contributed by atoms with E-state index in [1.165, 1.54) is 0 Å². The van der Waals surface area contributed by atoms with Crippen LogP contribution in [0.4, 0.5) is 0 Å². The maximum atomic E-state index is 12.3. The number of halogens is 2. The molecule has 1 aliphatic rings. The van der Waals surface area contributed by atoms with Crippen molar-refractivity contribution in [1.82, 2.24) is 10.2 Å². The normalized spacial score (nSPS) is 21.3. The number of hydrogen-bond donors (Lipinski definition) is 1. The van der Waals surface area contributed by atoms with Crippen molar-refractivity contribution >= 4 is 38.9 Å². The number of sulfone groups is 1. The van der Waals surface area contributed by atoms with Crippen LogP contribution in [0.25, 0.3) is 0 Å². The maximum Gasteiger partial charge on any atom is 0.237 e. The van der Waals surface area contributed by atoms with Crippen LogP contribution < -0.4 is 5.32 Å². The fourth-order valence-corrected chi connectivity index (χ4v) is 4.56. The summed E-state index contributed by atoms with van der Waals surface area (Å²) >= 11 is 12.2. The lowest BCUT2D eigenvalue weighted by molar-refractivity contribution is -0.126. The summed E-state index contributed by atoms with van der Waals surface area (Å²) in [5, 5.41) is 3.77. The molecule has 1 amide bonds. The molecule has 1 saturated heterocycles. The molecule has 0 aliphatic carbocycles. The summed E-state index contributed by atoms with van der Waals surface area (Å²) in [6.07, 6.45) is 0.477. The quantitative estimate of drug-likeness (QED) is 0.851. The van der Waals surface area contributed by atoms with Crippen LogP contribution in [0.3, 0.4) is 0 Å². The zero-order valence-electron chi connectivity index (χ0n) is 13.1. The van der Waals surface area contributed by atoms with Crippen LogP contribution in [0.1, 0.15) is 18.9 Å². The highest BCUT2D eigenvalue weighted by atomic mass is 35.5. The van der Waals surface area contributed by atoms with Gasteiger partial charge in [-0.25, -0.2) is 8.42 Å². The molecule has 8 heteroatoms. The molecular formula is C15H20Cl2N2O3S. The van der Waals surface area contributed by atoms with Crippen LogP contribution in [-0.2, 0) is 21.2 Å². The van der Waals surface area contributed by atoms with Gasteiger partial charge in [0.25, 0.3) is 0 Å². The molecule has 1 heterocycles. The number of benzene rings is 1. The van der Waals surface area contributed by atoms with Gasteiger partial charge in [0.2, 0.25) is 5.91 Å². The van der Waals surface area contributed by atoms with E-state index < -0.39 is 15.9 Å². The molecule has 0 spiro atoms. The van der Waals surface area contributed by atoms with E-state index in [2.05, 4.69) is 5.32 Å². The molecule has 5 nitrogen and oxygen atoms in total. The van der Waals surface area contributed by atoms with Gasteiger partial charge in [-0.2, -0.15) is 0 Å². The van der Waals surface area contributed by atoms with E-state index in [-0.39, 0.29) is 23.5 Å². The van der Waals surface area contributed by atoms with E-state index in [1.807, 2.05) is 24.1 Å². The fourth-order valence-electron chi connectivity index (χ4n) is 2.51. The number of nitrogens with one attached hydrogen (secondary N) is 1. The van der Waals surface area contributed by atoms with Gasteiger partial charge in [0.15, 0.2) is 9.84 Å². The topological polar surface area (TPSA) is 66.5 Å². The van der Waals surface area contributed by atoms with Crippen LogP contribution >= 0.6 is 23.2 Å². The first-order valence-corrected chi connectivity index (χ1v) is 9.91. The first-order chi connectivity index (χ1) is 10.7. The lowest BCUT2D eigenvalue weighted by Crippen LogP contribution is -2.47. The molecule has 0 aromatic heterocycles. The number of rotatable bonds is 5. The Labute approximate surface area is 146 Å². The van der Waals surface area contributed by atoms with Crippen LogP contribution in [0, 0.1) is 0 Å². The van der Waals surface area contributed by atoms with Gasteiger partial charge in [0.05, 0.1) is 27.6 Å². The Bertz CT molecular complexity index is 694. The lowest BCUT2D eigenvalue weighted by Gasteiger charge is -2.25. The van der Waals surface area contributed by atoms with Crippen molar-refractivity contribution < 1.29 is 13.2 Å². The summed E-state index contributed by atoms with van der Waals surface area (Å²) in [7, 11) is -1.19. The van der Waals surface area contributed by atoms with E-state index in [9.17, 15) is 13.2 Å². The Morgan fingerprint density at radius 2 is 2.13 bits per heavy atom. The van der Waals surface area contributed by atoms with Crippen LogP contribution in [-0.4, -0.2) is 49.9 Å². The van der Waals surface area contributed by atoms with Gasteiger partial charge in [0.1, 0.15) is 0 Å². The predicted molar refractivity (Wildman–Crippen MR) is 92.6 cm³/mol. The Hall–Kier alpha value is -0.820. The predicted octanol–water partition coefficient (Wildman–Crippen LogP) is 2.12. The Morgan fingerprint density at radius 3 is 2.74 bits per heavy atom. The summed E-state index contributed by atoms with van der Waals surface area (Å²) in [6, 6.07) is 4.68. The Balaban J connectivity index is 1.95. The Kier molecular flexibility index (Phi) is 5.94. The molecule has 0 radical (unpaired) electrons. The summed E-state index contributed by atoms with van der Waals surface area (Å²) in [5.41, 5.74) is 0.838. The molecule has 2 unspecified atom stereocenters. The van der Waals surface area contributed by atoms with E-state index in [0.717, 1.165) is 5.56 Å². The Morgan fingerprint density at radius 1 is 1.43 bits per heavy atom. The fraction of sp³-hybridized carbons (Fsp3) is 0.533. The van der Waals surface area contributed by atoms with Crippen molar-refractivity contribution in [1.29, 1.82) is 0 Å². The molecule has 128 valence electrons. The first kappa shape index (κ1) is 18.5. The molecule has 2 rings (SSSR count). The van der Waals surface area contributed by atoms with Crippen molar-refractivity contribution in [2.75, 3.05) is 18.6 Å². The minimum Gasteiger partial charge on any atom is -0.351 e. The highest BCUT2D eigenvalue weighted by molar-refractivity contribution is 7.91. The number of likely N-dealkylation sites (N-methyl/N-ethyl adjacent to an activating group) is 1. The molecular weight excluding hydrogens is 359 g/mol. The standard InChI is InChI=1S/C15H20Cl2N2O3S/c1-10(15(20)18-12-6-7-23(21,22)9-12)19(2)8-11-4-3-5-13(16)14(11)17/h3-5,10,12H,6-9H2,1-2H3,(H,18,20). The molecule has 1 fully saturated rings.